The number of hydrogen-bond acceptors (Lipinski definition) is 0. The van der Waals surface area contributed by atoms with Gasteiger partial charge in [-0.15, -0.1) is 0 Å². The van der Waals surface area contributed by atoms with Crippen LogP contribution in [0.25, 0.3) is 28.0 Å². The van der Waals surface area contributed by atoms with Gasteiger partial charge in [0.2, 0.25) is 0 Å². The summed E-state index contributed by atoms with van der Waals surface area (Å²) in [6.07, 6.45) is 16.2. The van der Waals surface area contributed by atoms with Crippen LogP contribution in [-0.4, -0.2) is 0 Å². The van der Waals surface area contributed by atoms with Crippen molar-refractivity contribution >= 4 is 16.8 Å². The van der Waals surface area contributed by atoms with Gasteiger partial charge in [0.05, 0.1) is 0 Å². The Morgan fingerprint density at radius 1 is 0.839 bits per heavy atom. The van der Waals surface area contributed by atoms with Crippen molar-refractivity contribution in [2.75, 3.05) is 0 Å². The van der Waals surface area contributed by atoms with Crippen molar-refractivity contribution in [1.82, 2.24) is 0 Å². The summed E-state index contributed by atoms with van der Waals surface area (Å²) in [5, 5.41) is 1.63. The molecule has 0 spiro atoms. The molecule has 3 aromatic rings. The molecule has 31 heavy (non-hydrogen) atoms. The highest BCUT2D eigenvalue weighted by molar-refractivity contribution is 5.89. The molecular formula is C30H33F. The van der Waals surface area contributed by atoms with E-state index >= 15 is 0 Å². The van der Waals surface area contributed by atoms with Crippen molar-refractivity contribution in [3.63, 3.8) is 0 Å². The minimum atomic E-state index is -0.141. The van der Waals surface area contributed by atoms with E-state index in [2.05, 4.69) is 49.4 Å². The Morgan fingerprint density at radius 3 is 2.29 bits per heavy atom. The number of hydrogen-bond donors (Lipinski definition) is 0. The molecular weight excluding hydrogens is 379 g/mol. The van der Waals surface area contributed by atoms with Crippen LogP contribution in [0.3, 0.4) is 0 Å². The van der Waals surface area contributed by atoms with E-state index in [-0.39, 0.29) is 5.82 Å². The fourth-order valence-electron chi connectivity index (χ4n) is 4.97. The summed E-state index contributed by atoms with van der Waals surface area (Å²) in [5.41, 5.74) is 4.39. The van der Waals surface area contributed by atoms with Gasteiger partial charge in [-0.05, 0) is 92.4 Å². The highest BCUT2D eigenvalue weighted by Gasteiger charge is 2.19. The summed E-state index contributed by atoms with van der Waals surface area (Å²) in [4.78, 5) is 0. The second kappa shape index (κ2) is 10.1. The molecule has 160 valence electrons. The summed E-state index contributed by atoms with van der Waals surface area (Å²) in [6, 6.07) is 18.9. The van der Waals surface area contributed by atoms with Crippen LogP contribution in [0.4, 0.5) is 4.39 Å². The van der Waals surface area contributed by atoms with Crippen molar-refractivity contribution in [2.45, 2.75) is 52.4 Å². The van der Waals surface area contributed by atoms with Gasteiger partial charge in [0.15, 0.2) is 0 Å². The van der Waals surface area contributed by atoms with Crippen LogP contribution < -0.4 is 0 Å². The topological polar surface area (TPSA) is 0 Å². The quantitative estimate of drug-likeness (QED) is 0.354. The maximum atomic E-state index is 14.7. The summed E-state index contributed by atoms with van der Waals surface area (Å²) < 4.78 is 14.7. The van der Waals surface area contributed by atoms with Gasteiger partial charge in [-0.3, -0.25) is 0 Å². The molecule has 0 bridgehead atoms. The van der Waals surface area contributed by atoms with Gasteiger partial charge in [-0.25, -0.2) is 4.39 Å². The maximum absolute atomic E-state index is 14.7. The van der Waals surface area contributed by atoms with Gasteiger partial charge in [0.25, 0.3) is 0 Å². The molecule has 0 aromatic heterocycles. The molecule has 0 nitrogen and oxygen atoms in total. The Hall–Kier alpha value is -2.67. The highest BCUT2D eigenvalue weighted by Crippen LogP contribution is 2.33. The van der Waals surface area contributed by atoms with Crippen molar-refractivity contribution in [3.8, 4) is 11.1 Å². The van der Waals surface area contributed by atoms with Gasteiger partial charge >= 0.3 is 0 Å². The third-order valence-corrected chi connectivity index (χ3v) is 6.81. The van der Waals surface area contributed by atoms with Crippen molar-refractivity contribution in [1.29, 1.82) is 0 Å². The summed E-state index contributed by atoms with van der Waals surface area (Å²) >= 11 is 0. The smallest absolute Gasteiger partial charge is 0.138 e. The summed E-state index contributed by atoms with van der Waals surface area (Å²) in [7, 11) is 0. The van der Waals surface area contributed by atoms with Gasteiger partial charge in [0.1, 0.15) is 5.82 Å². The normalized spacial score (nSPS) is 19.6. The van der Waals surface area contributed by atoms with Crippen LogP contribution in [-0.2, 0) is 6.42 Å². The van der Waals surface area contributed by atoms with E-state index in [9.17, 15) is 4.39 Å². The van der Waals surface area contributed by atoms with Gasteiger partial charge in [-0.1, -0.05) is 72.8 Å². The highest BCUT2D eigenvalue weighted by atomic mass is 19.1. The number of allylic oxidation sites excluding steroid dienone is 3. The van der Waals surface area contributed by atoms with Gasteiger partial charge < -0.3 is 0 Å². The van der Waals surface area contributed by atoms with Crippen LogP contribution in [0.1, 0.15) is 57.1 Å². The molecule has 3 aromatic carbocycles. The monoisotopic (exact) mass is 412 g/mol. The summed E-state index contributed by atoms with van der Waals surface area (Å²) in [5.74, 6) is 1.55. The number of benzene rings is 3. The molecule has 1 saturated carbocycles. The van der Waals surface area contributed by atoms with Crippen molar-refractivity contribution < 1.29 is 4.39 Å². The van der Waals surface area contributed by atoms with E-state index in [0.29, 0.717) is 10.9 Å². The zero-order valence-electron chi connectivity index (χ0n) is 18.8. The van der Waals surface area contributed by atoms with Crippen LogP contribution >= 0.6 is 0 Å². The molecule has 0 heterocycles. The molecule has 0 aliphatic heterocycles. The fraction of sp³-hybridized carbons (Fsp3) is 0.333. The molecule has 0 unspecified atom stereocenters. The Balaban J connectivity index is 1.41. The lowest BCUT2D eigenvalue weighted by Gasteiger charge is -2.26. The lowest BCUT2D eigenvalue weighted by Crippen LogP contribution is -2.13. The Labute approximate surface area is 186 Å². The van der Waals surface area contributed by atoms with Crippen molar-refractivity contribution in [3.05, 3.63) is 89.8 Å². The maximum Gasteiger partial charge on any atom is 0.138 e. The van der Waals surface area contributed by atoms with E-state index in [4.69, 9.17) is 0 Å². The molecule has 0 N–H and O–H groups in total. The molecule has 0 saturated heterocycles. The molecule has 0 radical (unpaired) electrons. The molecule has 1 aliphatic carbocycles. The minimum absolute atomic E-state index is 0.141. The fourth-order valence-corrected chi connectivity index (χ4v) is 4.97. The number of aryl methyl sites for hydroxylation is 1. The largest absolute Gasteiger partial charge is 0.206 e. The first-order valence-electron chi connectivity index (χ1n) is 11.7. The van der Waals surface area contributed by atoms with Crippen LogP contribution in [0.2, 0.25) is 0 Å². The van der Waals surface area contributed by atoms with E-state index in [0.717, 1.165) is 29.2 Å². The van der Waals surface area contributed by atoms with E-state index < -0.39 is 0 Å². The second-order valence-corrected chi connectivity index (χ2v) is 8.95. The Bertz CT molecular complexity index is 1060. The molecule has 1 fully saturated rings. The van der Waals surface area contributed by atoms with Crippen LogP contribution in [0.5, 0.6) is 0 Å². The average Bonchev–Trinajstić information content (AvgIpc) is 2.81. The van der Waals surface area contributed by atoms with E-state index in [1.54, 1.807) is 0 Å². The van der Waals surface area contributed by atoms with Crippen molar-refractivity contribution in [2.24, 2.45) is 11.8 Å². The van der Waals surface area contributed by atoms with Crippen LogP contribution in [0, 0.1) is 17.7 Å². The zero-order chi connectivity index (χ0) is 21.6. The molecule has 4 rings (SSSR count). The first-order chi connectivity index (χ1) is 15.2. The molecule has 0 atom stereocenters. The van der Waals surface area contributed by atoms with E-state index in [1.807, 2.05) is 43.3 Å². The lowest BCUT2D eigenvalue weighted by atomic mass is 9.79. The predicted molar refractivity (Wildman–Crippen MR) is 133 cm³/mol. The Kier molecular flexibility index (Phi) is 7.02. The van der Waals surface area contributed by atoms with Gasteiger partial charge in [-0.2, -0.15) is 0 Å². The average molecular weight is 413 g/mol. The predicted octanol–water partition coefficient (Wildman–Crippen LogP) is 8.99. The lowest BCUT2D eigenvalue weighted by molar-refractivity contribution is 0.296. The minimum Gasteiger partial charge on any atom is -0.206 e. The van der Waals surface area contributed by atoms with Crippen LogP contribution in [0.15, 0.2) is 72.8 Å². The van der Waals surface area contributed by atoms with E-state index in [1.165, 1.54) is 43.2 Å². The number of fused-ring (bicyclic) bond motifs is 1. The second-order valence-electron chi connectivity index (χ2n) is 8.95. The molecule has 1 heteroatoms. The third kappa shape index (κ3) is 5.15. The standard InChI is InChI=1S/C30H33F/c1-3-5-22-7-9-23(10-8-22)11-12-24-13-15-25(16-14-24)27-19-20-29-28(21-27)18-17-26(6-4-2)30(29)31/h3-6,13-23H,7-12H2,1-2H3/b5-3+,6-4+. The summed E-state index contributed by atoms with van der Waals surface area (Å²) in [6.45, 7) is 4.04. The first-order valence-corrected chi connectivity index (χ1v) is 11.7. The third-order valence-electron chi connectivity index (χ3n) is 6.81. The zero-order valence-corrected chi connectivity index (χ0v) is 18.8. The number of rotatable bonds is 6. The molecule has 1 aliphatic rings. The Morgan fingerprint density at radius 2 is 1.58 bits per heavy atom. The van der Waals surface area contributed by atoms with Gasteiger partial charge in [0, 0.05) is 10.9 Å². The number of halogens is 1. The first kappa shape index (κ1) is 21.6. The SMILES string of the molecule is C/C=C/c1ccc2cc(-c3ccc(CCC4CCC(/C=C/C)CC4)cc3)ccc2c1F. The molecule has 0 amide bonds.